The summed E-state index contributed by atoms with van der Waals surface area (Å²) in [6, 6.07) is 4.30. The zero-order valence-electron chi connectivity index (χ0n) is 11.6. The fourth-order valence-corrected chi connectivity index (χ4v) is 2.47. The maximum absolute atomic E-state index is 5.73. The molecule has 100 valence electrons. The van der Waals surface area contributed by atoms with Gasteiger partial charge in [-0.1, -0.05) is 13.8 Å². The fourth-order valence-electron chi connectivity index (χ4n) is 2.47. The predicted molar refractivity (Wildman–Crippen MR) is 72.0 cm³/mol. The molecular weight excluding hydrogens is 228 g/mol. The number of anilines is 1. The number of aromatic nitrogens is 1. The lowest BCUT2D eigenvalue weighted by Crippen LogP contribution is -2.58. The predicted octanol–water partition coefficient (Wildman–Crippen LogP) is 2.71. The number of methoxy groups -OCH3 is 1. The second-order valence-electron chi connectivity index (χ2n) is 5.26. The Bertz CT molecular complexity index is 407. The maximum Gasteiger partial charge on any atom is 0.237 e. The molecule has 4 heteroatoms. The Balaban J connectivity index is 2.03. The highest BCUT2D eigenvalue weighted by molar-refractivity contribution is 5.53. The van der Waals surface area contributed by atoms with Crippen molar-refractivity contribution in [3.63, 3.8) is 0 Å². The Hall–Kier alpha value is -1.29. The lowest BCUT2D eigenvalue weighted by Gasteiger charge is -2.52. The molecule has 1 N–H and O–H groups in total. The topological polar surface area (TPSA) is 43.4 Å². The molecule has 0 aromatic carbocycles. The number of hydrogen-bond acceptors (Lipinski definition) is 4. The second kappa shape index (κ2) is 5.14. The van der Waals surface area contributed by atoms with Gasteiger partial charge in [0, 0.05) is 24.3 Å². The van der Waals surface area contributed by atoms with Gasteiger partial charge in [-0.25, -0.2) is 4.98 Å². The van der Waals surface area contributed by atoms with Crippen LogP contribution in [0.1, 0.15) is 27.2 Å². The molecule has 1 fully saturated rings. The van der Waals surface area contributed by atoms with Gasteiger partial charge in [0.15, 0.2) is 0 Å². The molecule has 1 aliphatic rings. The van der Waals surface area contributed by atoms with Crippen LogP contribution in [0.25, 0.3) is 0 Å². The van der Waals surface area contributed by atoms with Crippen LogP contribution in [0.3, 0.4) is 0 Å². The van der Waals surface area contributed by atoms with Gasteiger partial charge in [0.05, 0.1) is 18.9 Å². The molecule has 0 bridgehead atoms. The molecule has 2 rings (SSSR count). The van der Waals surface area contributed by atoms with E-state index >= 15 is 0 Å². The van der Waals surface area contributed by atoms with E-state index in [1.165, 1.54) is 0 Å². The third kappa shape index (κ3) is 2.29. The van der Waals surface area contributed by atoms with E-state index in [4.69, 9.17) is 9.47 Å². The van der Waals surface area contributed by atoms with E-state index in [1.807, 2.05) is 19.1 Å². The van der Waals surface area contributed by atoms with Crippen LogP contribution < -0.4 is 10.1 Å². The molecule has 2 unspecified atom stereocenters. The van der Waals surface area contributed by atoms with Crippen molar-refractivity contribution in [3.05, 3.63) is 18.3 Å². The molecule has 1 aliphatic carbocycles. The van der Waals surface area contributed by atoms with Crippen molar-refractivity contribution in [2.24, 2.45) is 5.41 Å². The Kier molecular flexibility index (Phi) is 3.76. The Morgan fingerprint density at radius 1 is 1.50 bits per heavy atom. The van der Waals surface area contributed by atoms with E-state index in [2.05, 4.69) is 24.1 Å². The monoisotopic (exact) mass is 250 g/mol. The van der Waals surface area contributed by atoms with Crippen molar-refractivity contribution in [2.45, 2.75) is 39.3 Å². The van der Waals surface area contributed by atoms with Gasteiger partial charge in [0.2, 0.25) is 5.88 Å². The minimum atomic E-state index is 0.136. The number of ether oxygens (including phenoxy) is 2. The Morgan fingerprint density at radius 3 is 2.89 bits per heavy atom. The molecule has 0 aliphatic heterocycles. The molecule has 1 saturated carbocycles. The molecule has 1 aromatic heterocycles. The summed E-state index contributed by atoms with van der Waals surface area (Å²) in [7, 11) is 1.64. The van der Waals surface area contributed by atoms with E-state index in [0.29, 0.717) is 18.0 Å². The molecule has 0 amide bonds. The maximum atomic E-state index is 5.73. The van der Waals surface area contributed by atoms with Crippen molar-refractivity contribution in [1.29, 1.82) is 0 Å². The lowest BCUT2D eigenvalue weighted by molar-refractivity contribution is -0.0976. The first kappa shape index (κ1) is 13.1. The minimum absolute atomic E-state index is 0.136. The summed E-state index contributed by atoms with van der Waals surface area (Å²) in [6.45, 7) is 7.28. The Labute approximate surface area is 109 Å². The number of nitrogens with one attached hydrogen (secondary N) is 1. The molecule has 2 atom stereocenters. The van der Waals surface area contributed by atoms with Crippen LogP contribution >= 0.6 is 0 Å². The van der Waals surface area contributed by atoms with Crippen LogP contribution in [0.4, 0.5) is 5.69 Å². The average molecular weight is 250 g/mol. The van der Waals surface area contributed by atoms with Crippen molar-refractivity contribution in [1.82, 2.24) is 4.98 Å². The third-order valence-electron chi connectivity index (χ3n) is 3.84. The fraction of sp³-hybridized carbons (Fsp3) is 0.643. The van der Waals surface area contributed by atoms with Crippen LogP contribution in [-0.2, 0) is 4.74 Å². The van der Waals surface area contributed by atoms with Gasteiger partial charge in [-0.2, -0.15) is 0 Å². The Morgan fingerprint density at radius 2 is 2.28 bits per heavy atom. The minimum Gasteiger partial charge on any atom is -0.480 e. The number of rotatable bonds is 5. The summed E-state index contributed by atoms with van der Waals surface area (Å²) in [5.74, 6) is 0.646. The normalized spacial score (nSPS) is 25.3. The molecular formula is C14H22N2O2. The van der Waals surface area contributed by atoms with Crippen LogP contribution in [0, 0.1) is 5.41 Å². The molecule has 1 heterocycles. The highest BCUT2D eigenvalue weighted by Gasteiger charge is 2.49. The summed E-state index contributed by atoms with van der Waals surface area (Å²) in [4.78, 5) is 4.20. The van der Waals surface area contributed by atoms with Crippen LogP contribution in [0.15, 0.2) is 18.3 Å². The van der Waals surface area contributed by atoms with Crippen molar-refractivity contribution in [2.75, 3.05) is 19.0 Å². The summed E-state index contributed by atoms with van der Waals surface area (Å²) >= 11 is 0. The summed E-state index contributed by atoms with van der Waals surface area (Å²) < 4.78 is 11.0. The van der Waals surface area contributed by atoms with Gasteiger partial charge >= 0.3 is 0 Å². The summed E-state index contributed by atoms with van der Waals surface area (Å²) in [6.07, 6.45) is 3.10. The van der Waals surface area contributed by atoms with Crippen LogP contribution in [-0.4, -0.2) is 30.8 Å². The first-order valence-corrected chi connectivity index (χ1v) is 6.46. The molecule has 4 nitrogen and oxygen atoms in total. The first-order valence-electron chi connectivity index (χ1n) is 6.46. The number of nitrogens with zero attached hydrogens (tertiary/aromatic N) is 1. The first-order chi connectivity index (χ1) is 8.59. The third-order valence-corrected chi connectivity index (χ3v) is 3.84. The van der Waals surface area contributed by atoms with Gasteiger partial charge in [0.1, 0.15) is 0 Å². The molecule has 0 spiro atoms. The zero-order chi connectivity index (χ0) is 13.2. The van der Waals surface area contributed by atoms with Crippen LogP contribution in [0.2, 0.25) is 0 Å². The number of pyridine rings is 1. The van der Waals surface area contributed by atoms with Crippen molar-refractivity contribution in [3.8, 4) is 5.88 Å². The van der Waals surface area contributed by atoms with E-state index < -0.39 is 0 Å². The van der Waals surface area contributed by atoms with Gasteiger partial charge in [0.25, 0.3) is 0 Å². The highest BCUT2D eigenvalue weighted by atomic mass is 16.5. The molecule has 0 saturated heterocycles. The summed E-state index contributed by atoms with van der Waals surface area (Å²) in [5, 5.41) is 3.51. The molecule has 18 heavy (non-hydrogen) atoms. The van der Waals surface area contributed by atoms with Crippen molar-refractivity contribution >= 4 is 5.69 Å². The largest absolute Gasteiger partial charge is 0.480 e. The molecule has 0 radical (unpaired) electrons. The zero-order valence-corrected chi connectivity index (χ0v) is 11.6. The summed E-state index contributed by atoms with van der Waals surface area (Å²) in [5.41, 5.74) is 1.09. The number of hydrogen-bond donors (Lipinski definition) is 1. The van der Waals surface area contributed by atoms with Gasteiger partial charge in [-0.05, 0) is 25.5 Å². The van der Waals surface area contributed by atoms with E-state index in [-0.39, 0.29) is 5.41 Å². The average Bonchev–Trinajstić information content (AvgIpc) is 2.38. The smallest absolute Gasteiger partial charge is 0.237 e. The standard InChI is InChI=1S/C14H22N2O2/c1-5-18-12-9-11(14(12,2)3)16-10-7-6-8-15-13(10)17-4/h6-8,11-12,16H,5,9H2,1-4H3. The molecule has 1 aromatic rings. The van der Waals surface area contributed by atoms with Gasteiger partial charge in [-0.15, -0.1) is 0 Å². The van der Waals surface area contributed by atoms with Crippen LogP contribution in [0.5, 0.6) is 5.88 Å². The van der Waals surface area contributed by atoms with Gasteiger partial charge < -0.3 is 14.8 Å². The second-order valence-corrected chi connectivity index (χ2v) is 5.26. The van der Waals surface area contributed by atoms with E-state index in [0.717, 1.165) is 18.7 Å². The quantitative estimate of drug-likeness (QED) is 0.872. The van der Waals surface area contributed by atoms with E-state index in [1.54, 1.807) is 13.3 Å². The highest BCUT2D eigenvalue weighted by Crippen LogP contribution is 2.44. The lowest BCUT2D eigenvalue weighted by atomic mass is 9.64. The van der Waals surface area contributed by atoms with Gasteiger partial charge in [-0.3, -0.25) is 0 Å². The van der Waals surface area contributed by atoms with Crippen molar-refractivity contribution < 1.29 is 9.47 Å². The SMILES string of the molecule is CCOC1CC(Nc2cccnc2OC)C1(C)C. The van der Waals surface area contributed by atoms with E-state index in [9.17, 15) is 0 Å².